The summed E-state index contributed by atoms with van der Waals surface area (Å²) < 4.78 is 6.99. The molecule has 0 saturated carbocycles. The van der Waals surface area contributed by atoms with E-state index in [2.05, 4.69) is 69.3 Å². The Morgan fingerprint density at radius 2 is 1.94 bits per heavy atom. The van der Waals surface area contributed by atoms with Crippen molar-refractivity contribution in [3.05, 3.63) is 31.2 Å². The molecule has 0 aliphatic carbocycles. The Kier molecular flexibility index (Phi) is 4.04. The molecule has 96 valence electrons. The summed E-state index contributed by atoms with van der Waals surface area (Å²) in [6.07, 6.45) is 0. The summed E-state index contributed by atoms with van der Waals surface area (Å²) in [7, 11) is 0. The van der Waals surface area contributed by atoms with Crippen molar-refractivity contribution >= 4 is 50.1 Å². The topological polar surface area (TPSA) is 38.9 Å². The van der Waals surface area contributed by atoms with Crippen LogP contribution in [0.25, 0.3) is 11.6 Å². The van der Waals surface area contributed by atoms with Gasteiger partial charge in [0.25, 0.3) is 0 Å². The molecule has 0 unspecified atom stereocenters. The van der Waals surface area contributed by atoms with Crippen LogP contribution in [0.3, 0.4) is 0 Å². The molecule has 0 radical (unpaired) electrons. The predicted molar refractivity (Wildman–Crippen MR) is 83.9 cm³/mol. The third kappa shape index (κ3) is 2.88. The van der Waals surface area contributed by atoms with E-state index in [1.165, 1.54) is 0 Å². The Hall–Kier alpha value is -0.140. The van der Waals surface area contributed by atoms with E-state index < -0.39 is 0 Å². The average Bonchev–Trinajstić information content (AvgIpc) is 2.67. The van der Waals surface area contributed by atoms with Gasteiger partial charge in [-0.3, -0.25) is 0 Å². The van der Waals surface area contributed by atoms with Crippen molar-refractivity contribution in [2.45, 2.75) is 26.2 Å². The van der Waals surface area contributed by atoms with E-state index in [9.17, 15) is 0 Å². The number of nitrogens with zero attached hydrogens (tertiary/aromatic N) is 2. The van der Waals surface area contributed by atoms with Gasteiger partial charge >= 0.3 is 0 Å². The molecule has 3 nitrogen and oxygen atoms in total. The Bertz CT molecular complexity index is 592. The lowest BCUT2D eigenvalue weighted by atomic mass is 9.92. The molecule has 0 aliphatic heterocycles. The zero-order chi connectivity index (χ0) is 13.5. The van der Waals surface area contributed by atoms with Crippen LogP contribution in [-0.4, -0.2) is 9.97 Å². The standard InChI is InChI=1S/C12H11BrClIN2O/c1-12(2,3)9-8(15)10(14)17-11(16-9)6-4-5-7(13)18-6/h4-5H,1-3H3. The smallest absolute Gasteiger partial charge is 0.197 e. The quantitative estimate of drug-likeness (QED) is 0.459. The van der Waals surface area contributed by atoms with Crippen molar-refractivity contribution in [1.29, 1.82) is 0 Å². The Morgan fingerprint density at radius 1 is 1.28 bits per heavy atom. The zero-order valence-corrected chi connectivity index (χ0v) is 14.6. The summed E-state index contributed by atoms with van der Waals surface area (Å²) in [5, 5.41) is 0.457. The van der Waals surface area contributed by atoms with Crippen molar-refractivity contribution < 1.29 is 4.42 Å². The SMILES string of the molecule is CC(C)(C)c1nc(-c2ccc(Br)o2)nc(Cl)c1I. The second kappa shape index (κ2) is 5.09. The highest BCUT2D eigenvalue weighted by Crippen LogP contribution is 2.32. The number of hydrogen-bond acceptors (Lipinski definition) is 3. The van der Waals surface area contributed by atoms with Gasteiger partial charge in [0.1, 0.15) is 5.15 Å². The summed E-state index contributed by atoms with van der Waals surface area (Å²) in [6.45, 7) is 6.28. The third-order valence-corrected chi connectivity index (χ3v) is 4.36. The molecule has 2 aromatic rings. The molecule has 2 aromatic heterocycles. The van der Waals surface area contributed by atoms with Gasteiger partial charge in [-0.05, 0) is 50.7 Å². The largest absolute Gasteiger partial charge is 0.446 e. The Labute approximate surface area is 133 Å². The van der Waals surface area contributed by atoms with Crippen molar-refractivity contribution in [2.24, 2.45) is 0 Å². The molecule has 2 heterocycles. The molecular formula is C12H11BrClIN2O. The molecular weight excluding hydrogens is 430 g/mol. The number of aromatic nitrogens is 2. The summed E-state index contributed by atoms with van der Waals surface area (Å²) in [5.41, 5.74) is 0.826. The number of furan rings is 1. The average molecular weight is 441 g/mol. The lowest BCUT2D eigenvalue weighted by Crippen LogP contribution is -2.17. The van der Waals surface area contributed by atoms with Crippen molar-refractivity contribution in [3.8, 4) is 11.6 Å². The van der Waals surface area contributed by atoms with Crippen LogP contribution < -0.4 is 0 Å². The fraction of sp³-hybridized carbons (Fsp3) is 0.333. The fourth-order valence-electron chi connectivity index (χ4n) is 1.46. The zero-order valence-electron chi connectivity index (χ0n) is 10.1. The summed E-state index contributed by atoms with van der Waals surface area (Å²) >= 11 is 11.6. The van der Waals surface area contributed by atoms with Crippen LogP contribution in [0.4, 0.5) is 0 Å². The van der Waals surface area contributed by atoms with E-state index in [0.717, 1.165) is 9.26 Å². The monoisotopic (exact) mass is 440 g/mol. The van der Waals surface area contributed by atoms with Crippen molar-refractivity contribution in [3.63, 3.8) is 0 Å². The van der Waals surface area contributed by atoms with E-state index in [1.54, 1.807) is 6.07 Å². The lowest BCUT2D eigenvalue weighted by Gasteiger charge is -2.20. The van der Waals surface area contributed by atoms with Crippen LogP contribution >= 0.6 is 50.1 Å². The number of hydrogen-bond donors (Lipinski definition) is 0. The first-order valence-corrected chi connectivity index (χ1v) is 7.53. The first-order chi connectivity index (χ1) is 8.29. The molecule has 6 heteroatoms. The third-order valence-electron chi connectivity index (χ3n) is 2.31. The van der Waals surface area contributed by atoms with Gasteiger partial charge in [-0.2, -0.15) is 0 Å². The van der Waals surface area contributed by atoms with Gasteiger partial charge in [0, 0.05) is 5.41 Å². The minimum atomic E-state index is -0.0956. The van der Waals surface area contributed by atoms with E-state index in [1.807, 2.05) is 6.07 Å². The maximum absolute atomic E-state index is 6.17. The first kappa shape index (κ1) is 14.3. The molecule has 2 rings (SSSR count). The Morgan fingerprint density at radius 3 is 2.44 bits per heavy atom. The van der Waals surface area contributed by atoms with Crippen molar-refractivity contribution in [2.75, 3.05) is 0 Å². The van der Waals surface area contributed by atoms with Gasteiger partial charge in [0.2, 0.25) is 0 Å². The van der Waals surface area contributed by atoms with Crippen LogP contribution in [0.1, 0.15) is 26.5 Å². The minimum Gasteiger partial charge on any atom is -0.446 e. The van der Waals surface area contributed by atoms with E-state index >= 15 is 0 Å². The predicted octanol–water partition coefficient (Wildman–Crippen LogP) is 5.05. The summed E-state index contributed by atoms with van der Waals surface area (Å²) in [6, 6.07) is 3.62. The maximum atomic E-state index is 6.17. The second-order valence-corrected chi connectivity index (χ2v) is 7.07. The molecule has 0 bridgehead atoms. The van der Waals surface area contributed by atoms with Crippen molar-refractivity contribution in [1.82, 2.24) is 9.97 Å². The lowest BCUT2D eigenvalue weighted by molar-refractivity contribution is 0.541. The van der Waals surface area contributed by atoms with E-state index in [-0.39, 0.29) is 5.41 Å². The molecule has 0 spiro atoms. The molecule has 0 N–H and O–H groups in total. The highest BCUT2D eigenvalue weighted by molar-refractivity contribution is 14.1. The highest BCUT2D eigenvalue weighted by atomic mass is 127. The summed E-state index contributed by atoms with van der Waals surface area (Å²) in [5.74, 6) is 1.11. The molecule has 0 saturated heterocycles. The van der Waals surface area contributed by atoms with E-state index in [0.29, 0.717) is 21.4 Å². The second-order valence-electron chi connectivity index (χ2n) is 4.85. The van der Waals surface area contributed by atoms with Crippen LogP contribution in [0.5, 0.6) is 0 Å². The first-order valence-electron chi connectivity index (χ1n) is 5.28. The van der Waals surface area contributed by atoms with Crippen LogP contribution in [0.15, 0.2) is 21.2 Å². The maximum Gasteiger partial charge on any atom is 0.197 e. The molecule has 0 aromatic carbocycles. The highest BCUT2D eigenvalue weighted by Gasteiger charge is 2.23. The van der Waals surface area contributed by atoms with Crippen LogP contribution in [-0.2, 0) is 5.41 Å². The molecule has 0 aliphatic rings. The van der Waals surface area contributed by atoms with E-state index in [4.69, 9.17) is 16.0 Å². The summed E-state index contributed by atoms with van der Waals surface area (Å²) in [4.78, 5) is 8.83. The Balaban J connectivity index is 2.61. The van der Waals surface area contributed by atoms with Crippen LogP contribution in [0.2, 0.25) is 5.15 Å². The van der Waals surface area contributed by atoms with Gasteiger partial charge in [-0.25, -0.2) is 9.97 Å². The molecule has 18 heavy (non-hydrogen) atoms. The van der Waals surface area contributed by atoms with Crippen LogP contribution in [0, 0.1) is 3.57 Å². The normalized spacial score (nSPS) is 11.9. The molecule has 0 amide bonds. The number of rotatable bonds is 1. The molecule has 0 fully saturated rings. The van der Waals surface area contributed by atoms with Gasteiger partial charge < -0.3 is 4.42 Å². The van der Waals surface area contributed by atoms with Gasteiger partial charge in [0.05, 0.1) is 9.26 Å². The fourth-order valence-corrected chi connectivity index (χ4v) is 2.99. The minimum absolute atomic E-state index is 0.0956. The van der Waals surface area contributed by atoms with Gasteiger partial charge in [-0.15, -0.1) is 0 Å². The number of halogens is 3. The van der Waals surface area contributed by atoms with Gasteiger partial charge in [0.15, 0.2) is 16.3 Å². The molecule has 0 atom stereocenters. The van der Waals surface area contributed by atoms with Gasteiger partial charge in [-0.1, -0.05) is 32.4 Å².